The average molecular weight is 305 g/mol. The molecule has 1 atom stereocenters. The van der Waals surface area contributed by atoms with Crippen LogP contribution in [0.4, 0.5) is 0 Å². The third kappa shape index (κ3) is 2.79. The van der Waals surface area contributed by atoms with E-state index in [9.17, 15) is 0 Å². The Hall–Kier alpha value is -1.19. The van der Waals surface area contributed by atoms with Crippen LogP contribution in [-0.4, -0.2) is 11.5 Å². The highest BCUT2D eigenvalue weighted by molar-refractivity contribution is 9.10. The van der Waals surface area contributed by atoms with Gasteiger partial charge in [0.25, 0.3) is 0 Å². The van der Waals surface area contributed by atoms with Gasteiger partial charge >= 0.3 is 0 Å². The van der Waals surface area contributed by atoms with Crippen LogP contribution in [-0.2, 0) is 11.8 Å². The number of pyridine rings is 1. The van der Waals surface area contributed by atoms with E-state index >= 15 is 0 Å². The Morgan fingerprint density at radius 1 is 1.22 bits per heavy atom. The summed E-state index contributed by atoms with van der Waals surface area (Å²) in [5.41, 5.74) is 8.39. The fourth-order valence-electron chi connectivity index (χ4n) is 2.18. The summed E-state index contributed by atoms with van der Waals surface area (Å²) in [6.07, 6.45) is 4.59. The smallest absolute Gasteiger partial charge is 0.0300 e. The molecule has 2 N–H and O–H groups in total. The van der Waals surface area contributed by atoms with E-state index < -0.39 is 0 Å². The lowest BCUT2D eigenvalue weighted by molar-refractivity contribution is 0.478. The minimum Gasteiger partial charge on any atom is -0.330 e. The van der Waals surface area contributed by atoms with Crippen molar-refractivity contribution in [1.82, 2.24) is 4.98 Å². The molecule has 0 saturated heterocycles. The van der Waals surface area contributed by atoms with Gasteiger partial charge in [0.05, 0.1) is 0 Å². The van der Waals surface area contributed by atoms with Crippen molar-refractivity contribution < 1.29 is 0 Å². The van der Waals surface area contributed by atoms with Gasteiger partial charge in [0.15, 0.2) is 0 Å². The van der Waals surface area contributed by atoms with Gasteiger partial charge in [0.1, 0.15) is 0 Å². The first-order valence-electron chi connectivity index (χ1n) is 6.00. The van der Waals surface area contributed by atoms with E-state index in [1.54, 1.807) is 6.20 Å². The second-order valence-electron chi connectivity index (χ2n) is 4.78. The third-order valence-electron chi connectivity index (χ3n) is 3.29. The fraction of sp³-hybridized carbons (Fsp3) is 0.267. The Morgan fingerprint density at radius 2 is 2.00 bits per heavy atom. The highest BCUT2D eigenvalue weighted by Gasteiger charge is 2.27. The highest BCUT2D eigenvalue weighted by Crippen LogP contribution is 2.32. The Bertz CT molecular complexity index is 513. The van der Waals surface area contributed by atoms with Gasteiger partial charge in [-0.1, -0.05) is 47.1 Å². The molecule has 0 aliphatic heterocycles. The minimum atomic E-state index is -0.0802. The molecular weight excluding hydrogens is 288 g/mol. The molecule has 3 heteroatoms. The van der Waals surface area contributed by atoms with Crippen LogP contribution in [0.5, 0.6) is 0 Å². The van der Waals surface area contributed by atoms with Crippen LogP contribution in [0.15, 0.2) is 53.3 Å². The van der Waals surface area contributed by atoms with Crippen molar-refractivity contribution in [3.63, 3.8) is 0 Å². The number of hydrogen-bond acceptors (Lipinski definition) is 2. The molecule has 94 valence electrons. The number of nitrogens with zero attached hydrogens (tertiary/aromatic N) is 1. The second kappa shape index (κ2) is 5.63. The Morgan fingerprint density at radius 3 is 2.61 bits per heavy atom. The lowest BCUT2D eigenvalue weighted by atomic mass is 9.77. The summed E-state index contributed by atoms with van der Waals surface area (Å²) in [7, 11) is 0. The minimum absolute atomic E-state index is 0.0802. The predicted molar refractivity (Wildman–Crippen MR) is 78.5 cm³/mol. The zero-order valence-corrected chi connectivity index (χ0v) is 12.0. The third-order valence-corrected chi connectivity index (χ3v) is 3.98. The molecule has 1 aromatic heterocycles. The standard InChI is InChI=1S/C15H17BrN2/c1-15(11-17,9-12-5-4-8-18-10-12)13-6-2-3-7-14(13)16/h2-8,10H,9,11,17H2,1H3. The van der Waals surface area contributed by atoms with Gasteiger partial charge < -0.3 is 5.73 Å². The summed E-state index contributed by atoms with van der Waals surface area (Å²) in [4.78, 5) is 4.17. The van der Waals surface area contributed by atoms with Crippen LogP contribution in [0, 0.1) is 0 Å². The first kappa shape index (κ1) is 13.2. The van der Waals surface area contributed by atoms with Crippen LogP contribution in [0.2, 0.25) is 0 Å². The van der Waals surface area contributed by atoms with E-state index in [0.717, 1.165) is 10.9 Å². The van der Waals surface area contributed by atoms with E-state index in [1.807, 2.05) is 18.3 Å². The quantitative estimate of drug-likeness (QED) is 0.941. The monoisotopic (exact) mass is 304 g/mol. The van der Waals surface area contributed by atoms with E-state index in [4.69, 9.17) is 5.73 Å². The van der Waals surface area contributed by atoms with Crippen molar-refractivity contribution in [2.75, 3.05) is 6.54 Å². The van der Waals surface area contributed by atoms with Gasteiger partial charge in [-0.15, -0.1) is 0 Å². The first-order valence-corrected chi connectivity index (χ1v) is 6.79. The molecule has 1 heterocycles. The van der Waals surface area contributed by atoms with Crippen molar-refractivity contribution in [3.05, 3.63) is 64.4 Å². The molecule has 0 aliphatic carbocycles. The summed E-state index contributed by atoms with van der Waals surface area (Å²) >= 11 is 3.62. The average Bonchev–Trinajstić information content (AvgIpc) is 2.40. The maximum absolute atomic E-state index is 6.01. The molecule has 0 saturated carbocycles. The van der Waals surface area contributed by atoms with E-state index in [1.165, 1.54) is 11.1 Å². The SMILES string of the molecule is CC(CN)(Cc1cccnc1)c1ccccc1Br. The molecule has 0 radical (unpaired) electrons. The van der Waals surface area contributed by atoms with Crippen LogP contribution in [0.3, 0.4) is 0 Å². The van der Waals surface area contributed by atoms with Gasteiger partial charge in [-0.3, -0.25) is 4.98 Å². The van der Waals surface area contributed by atoms with Crippen LogP contribution in [0.25, 0.3) is 0 Å². The van der Waals surface area contributed by atoms with Gasteiger partial charge in [-0.25, -0.2) is 0 Å². The molecule has 0 amide bonds. The van der Waals surface area contributed by atoms with Crippen LogP contribution >= 0.6 is 15.9 Å². The molecule has 0 spiro atoms. The number of nitrogens with two attached hydrogens (primary N) is 1. The van der Waals surface area contributed by atoms with E-state index in [0.29, 0.717) is 6.54 Å². The topological polar surface area (TPSA) is 38.9 Å². The molecule has 2 rings (SSSR count). The molecule has 2 nitrogen and oxygen atoms in total. The number of rotatable bonds is 4. The zero-order valence-electron chi connectivity index (χ0n) is 10.4. The van der Waals surface area contributed by atoms with Crippen molar-refractivity contribution in [2.24, 2.45) is 5.73 Å². The Balaban J connectivity index is 2.34. The molecular formula is C15H17BrN2. The summed E-state index contributed by atoms with van der Waals surface area (Å²) in [6.45, 7) is 2.80. The maximum Gasteiger partial charge on any atom is 0.0300 e. The summed E-state index contributed by atoms with van der Waals surface area (Å²) in [5.74, 6) is 0. The van der Waals surface area contributed by atoms with Crippen molar-refractivity contribution in [3.8, 4) is 0 Å². The summed E-state index contributed by atoms with van der Waals surface area (Å²) in [5, 5.41) is 0. The van der Waals surface area contributed by atoms with Gasteiger partial charge in [0.2, 0.25) is 0 Å². The Kier molecular flexibility index (Phi) is 4.15. The lowest BCUT2D eigenvalue weighted by Crippen LogP contribution is -2.34. The van der Waals surface area contributed by atoms with Crippen LogP contribution < -0.4 is 5.73 Å². The number of hydrogen-bond donors (Lipinski definition) is 1. The molecule has 1 unspecified atom stereocenters. The molecule has 0 bridgehead atoms. The fourth-order valence-corrected chi connectivity index (χ4v) is 2.94. The molecule has 0 aliphatic rings. The number of halogens is 1. The largest absolute Gasteiger partial charge is 0.330 e. The van der Waals surface area contributed by atoms with E-state index in [2.05, 4.69) is 52.1 Å². The van der Waals surface area contributed by atoms with Gasteiger partial charge in [-0.2, -0.15) is 0 Å². The molecule has 1 aromatic carbocycles. The highest BCUT2D eigenvalue weighted by atomic mass is 79.9. The number of benzene rings is 1. The summed E-state index contributed by atoms with van der Waals surface area (Å²) < 4.78 is 1.11. The second-order valence-corrected chi connectivity index (χ2v) is 5.64. The van der Waals surface area contributed by atoms with Crippen molar-refractivity contribution in [1.29, 1.82) is 0 Å². The number of aromatic nitrogens is 1. The zero-order chi connectivity index (χ0) is 13.0. The Labute approximate surface area is 116 Å². The van der Waals surface area contributed by atoms with Gasteiger partial charge in [-0.05, 0) is 29.7 Å². The maximum atomic E-state index is 6.01. The molecule has 18 heavy (non-hydrogen) atoms. The van der Waals surface area contributed by atoms with Crippen molar-refractivity contribution in [2.45, 2.75) is 18.8 Å². The van der Waals surface area contributed by atoms with Crippen molar-refractivity contribution >= 4 is 15.9 Å². The van der Waals surface area contributed by atoms with Crippen LogP contribution in [0.1, 0.15) is 18.1 Å². The predicted octanol–water partition coefficient (Wildman–Crippen LogP) is 3.30. The van der Waals surface area contributed by atoms with Gasteiger partial charge in [0, 0.05) is 28.8 Å². The molecule has 0 fully saturated rings. The summed E-state index contributed by atoms with van der Waals surface area (Å²) in [6, 6.07) is 12.3. The van der Waals surface area contributed by atoms with E-state index in [-0.39, 0.29) is 5.41 Å². The molecule has 2 aromatic rings. The normalized spacial score (nSPS) is 14.2. The lowest BCUT2D eigenvalue weighted by Gasteiger charge is -2.29. The first-order chi connectivity index (χ1) is 8.65.